The van der Waals surface area contributed by atoms with Gasteiger partial charge in [-0.05, 0) is 37.0 Å². The second kappa shape index (κ2) is 4.42. The summed E-state index contributed by atoms with van der Waals surface area (Å²) in [5.41, 5.74) is 3.70. The van der Waals surface area contributed by atoms with Crippen molar-refractivity contribution in [2.24, 2.45) is 0 Å². The third-order valence-corrected chi connectivity index (χ3v) is 4.48. The highest BCUT2D eigenvalue weighted by Gasteiger charge is 2.39. The van der Waals surface area contributed by atoms with Crippen LogP contribution in [0.1, 0.15) is 30.7 Å². The zero-order valence-corrected chi connectivity index (χ0v) is 10.8. The average Bonchev–Trinajstić information content (AvgIpc) is 3.11. The SMILES string of the molecule is c1cncc(-c2cncc([C@H]3C[C@H]4CC[C@H]3N4)c2)c1. The molecule has 3 nitrogen and oxygen atoms in total. The Bertz CT molecular complexity index is 582. The molecule has 0 spiro atoms. The van der Waals surface area contributed by atoms with E-state index in [2.05, 4.69) is 27.4 Å². The van der Waals surface area contributed by atoms with Gasteiger partial charge in [0.2, 0.25) is 0 Å². The van der Waals surface area contributed by atoms with E-state index in [1.54, 1.807) is 6.20 Å². The maximum atomic E-state index is 4.43. The molecular formula is C16H17N3. The molecule has 2 aromatic heterocycles. The number of aromatic nitrogens is 2. The van der Waals surface area contributed by atoms with Crippen LogP contribution in [0.25, 0.3) is 11.1 Å². The van der Waals surface area contributed by atoms with E-state index < -0.39 is 0 Å². The van der Waals surface area contributed by atoms with Gasteiger partial charge in [-0.1, -0.05) is 6.07 Å². The number of rotatable bonds is 2. The molecule has 2 fully saturated rings. The van der Waals surface area contributed by atoms with Gasteiger partial charge < -0.3 is 5.32 Å². The van der Waals surface area contributed by atoms with E-state index in [4.69, 9.17) is 0 Å². The van der Waals surface area contributed by atoms with Gasteiger partial charge in [0.1, 0.15) is 0 Å². The van der Waals surface area contributed by atoms with Crippen LogP contribution in [-0.4, -0.2) is 22.1 Å². The molecule has 19 heavy (non-hydrogen) atoms. The lowest BCUT2D eigenvalue weighted by atomic mass is 9.84. The summed E-state index contributed by atoms with van der Waals surface area (Å²) in [6, 6.07) is 7.75. The van der Waals surface area contributed by atoms with Crippen molar-refractivity contribution in [1.29, 1.82) is 0 Å². The Morgan fingerprint density at radius 3 is 2.74 bits per heavy atom. The Morgan fingerprint density at radius 2 is 2.00 bits per heavy atom. The summed E-state index contributed by atoms with van der Waals surface area (Å²) in [7, 11) is 0. The fraction of sp³-hybridized carbons (Fsp3) is 0.375. The van der Waals surface area contributed by atoms with E-state index in [0.717, 1.165) is 11.6 Å². The fourth-order valence-corrected chi connectivity index (χ4v) is 3.54. The molecule has 4 rings (SSSR count). The number of hydrogen-bond acceptors (Lipinski definition) is 3. The van der Waals surface area contributed by atoms with Crippen LogP contribution in [0.2, 0.25) is 0 Å². The Hall–Kier alpha value is -1.74. The molecule has 0 unspecified atom stereocenters. The summed E-state index contributed by atoms with van der Waals surface area (Å²) in [6.07, 6.45) is 11.6. The van der Waals surface area contributed by atoms with Crippen molar-refractivity contribution >= 4 is 0 Å². The zero-order valence-electron chi connectivity index (χ0n) is 10.8. The van der Waals surface area contributed by atoms with Gasteiger partial charge in [0.05, 0.1) is 0 Å². The second-order valence-corrected chi connectivity index (χ2v) is 5.64. The quantitative estimate of drug-likeness (QED) is 0.891. The highest BCUT2D eigenvalue weighted by Crippen LogP contribution is 2.40. The molecule has 2 aliphatic rings. The molecule has 0 saturated carbocycles. The van der Waals surface area contributed by atoms with Crippen LogP contribution in [0, 0.1) is 0 Å². The van der Waals surface area contributed by atoms with Crippen LogP contribution in [-0.2, 0) is 0 Å². The molecular weight excluding hydrogens is 234 g/mol. The van der Waals surface area contributed by atoms with Gasteiger partial charge in [0, 0.05) is 53.9 Å². The maximum absolute atomic E-state index is 4.43. The van der Waals surface area contributed by atoms with Crippen molar-refractivity contribution in [3.8, 4) is 11.1 Å². The average molecular weight is 251 g/mol. The minimum Gasteiger partial charge on any atom is -0.311 e. The standard InChI is InChI=1S/C16H17N3/c1-2-11(8-17-5-1)12-6-13(10-18-9-12)15-7-14-3-4-16(15)19-14/h1-2,5-6,8-10,14-16,19H,3-4,7H2/t14-,15-,16-/m1/s1. The molecule has 1 N–H and O–H groups in total. The van der Waals surface area contributed by atoms with Crippen LogP contribution < -0.4 is 5.32 Å². The van der Waals surface area contributed by atoms with E-state index in [-0.39, 0.29) is 0 Å². The molecule has 3 heteroatoms. The summed E-state index contributed by atoms with van der Waals surface area (Å²) in [5.74, 6) is 0.642. The summed E-state index contributed by atoms with van der Waals surface area (Å²) in [6.45, 7) is 0. The van der Waals surface area contributed by atoms with Gasteiger partial charge in [0.15, 0.2) is 0 Å². The Labute approximate surface area is 113 Å². The Kier molecular flexibility index (Phi) is 2.59. The Balaban J connectivity index is 1.68. The highest BCUT2D eigenvalue weighted by molar-refractivity contribution is 5.62. The van der Waals surface area contributed by atoms with Crippen molar-refractivity contribution < 1.29 is 0 Å². The van der Waals surface area contributed by atoms with Gasteiger partial charge in [0.25, 0.3) is 0 Å². The Morgan fingerprint density at radius 1 is 1.05 bits per heavy atom. The van der Waals surface area contributed by atoms with Gasteiger partial charge in [-0.25, -0.2) is 0 Å². The van der Waals surface area contributed by atoms with Crippen molar-refractivity contribution in [2.75, 3.05) is 0 Å². The van der Waals surface area contributed by atoms with E-state index in [1.165, 1.54) is 30.4 Å². The summed E-state index contributed by atoms with van der Waals surface area (Å²) in [4.78, 5) is 8.62. The van der Waals surface area contributed by atoms with Gasteiger partial charge >= 0.3 is 0 Å². The summed E-state index contributed by atoms with van der Waals surface area (Å²) < 4.78 is 0. The number of hydrogen-bond donors (Lipinski definition) is 1. The number of pyridine rings is 2. The molecule has 0 aliphatic carbocycles. The van der Waals surface area contributed by atoms with Crippen LogP contribution in [0.3, 0.4) is 0 Å². The molecule has 2 aromatic rings. The molecule has 2 bridgehead atoms. The molecule has 0 amide bonds. The topological polar surface area (TPSA) is 37.8 Å². The summed E-state index contributed by atoms with van der Waals surface area (Å²) >= 11 is 0. The molecule has 4 heterocycles. The van der Waals surface area contributed by atoms with Gasteiger partial charge in [-0.3, -0.25) is 9.97 Å². The van der Waals surface area contributed by atoms with Crippen LogP contribution in [0.4, 0.5) is 0 Å². The van der Waals surface area contributed by atoms with E-state index in [1.807, 2.05) is 24.7 Å². The van der Waals surface area contributed by atoms with E-state index >= 15 is 0 Å². The van der Waals surface area contributed by atoms with Crippen molar-refractivity contribution in [3.63, 3.8) is 0 Å². The molecule has 2 aliphatic heterocycles. The first-order valence-electron chi connectivity index (χ1n) is 7.01. The third-order valence-electron chi connectivity index (χ3n) is 4.48. The molecule has 96 valence electrons. The maximum Gasteiger partial charge on any atom is 0.0347 e. The monoisotopic (exact) mass is 251 g/mol. The lowest BCUT2D eigenvalue weighted by Gasteiger charge is -2.20. The van der Waals surface area contributed by atoms with Crippen molar-refractivity contribution in [1.82, 2.24) is 15.3 Å². The van der Waals surface area contributed by atoms with Crippen molar-refractivity contribution in [3.05, 3.63) is 48.5 Å². The minimum absolute atomic E-state index is 0.642. The first kappa shape index (κ1) is 11.1. The minimum atomic E-state index is 0.642. The predicted octanol–water partition coefficient (Wildman–Crippen LogP) is 2.75. The van der Waals surface area contributed by atoms with E-state index in [9.17, 15) is 0 Å². The van der Waals surface area contributed by atoms with Gasteiger partial charge in [-0.2, -0.15) is 0 Å². The zero-order chi connectivity index (χ0) is 12.7. The van der Waals surface area contributed by atoms with Gasteiger partial charge in [-0.15, -0.1) is 0 Å². The first-order chi connectivity index (χ1) is 9.40. The third kappa shape index (κ3) is 1.94. The fourth-order valence-electron chi connectivity index (χ4n) is 3.54. The number of nitrogens with zero attached hydrogens (tertiary/aromatic N) is 2. The van der Waals surface area contributed by atoms with Crippen LogP contribution >= 0.6 is 0 Å². The summed E-state index contributed by atoms with van der Waals surface area (Å²) in [5, 5.41) is 3.70. The molecule has 2 saturated heterocycles. The lowest BCUT2D eigenvalue weighted by molar-refractivity contribution is 0.505. The van der Waals surface area contributed by atoms with Crippen LogP contribution in [0.5, 0.6) is 0 Å². The first-order valence-corrected chi connectivity index (χ1v) is 7.01. The number of fused-ring (bicyclic) bond motifs is 2. The second-order valence-electron chi connectivity index (χ2n) is 5.64. The van der Waals surface area contributed by atoms with Crippen molar-refractivity contribution in [2.45, 2.75) is 37.3 Å². The molecule has 0 radical (unpaired) electrons. The number of nitrogens with one attached hydrogen (secondary N) is 1. The largest absolute Gasteiger partial charge is 0.311 e. The molecule has 0 aromatic carbocycles. The molecule has 3 atom stereocenters. The smallest absolute Gasteiger partial charge is 0.0347 e. The predicted molar refractivity (Wildman–Crippen MR) is 74.8 cm³/mol. The van der Waals surface area contributed by atoms with Crippen LogP contribution in [0.15, 0.2) is 43.0 Å². The van der Waals surface area contributed by atoms with E-state index in [0.29, 0.717) is 12.0 Å². The normalized spacial score (nSPS) is 28.7. The highest BCUT2D eigenvalue weighted by atomic mass is 15.0. The lowest BCUT2D eigenvalue weighted by Crippen LogP contribution is -2.21.